The summed E-state index contributed by atoms with van der Waals surface area (Å²) in [4.78, 5) is 11.5. The van der Waals surface area contributed by atoms with E-state index in [4.69, 9.17) is 0 Å². The van der Waals surface area contributed by atoms with Gasteiger partial charge in [-0.3, -0.25) is 4.79 Å². The highest BCUT2D eigenvalue weighted by atomic mass is 32.2. The molecule has 0 unspecified atom stereocenters. The summed E-state index contributed by atoms with van der Waals surface area (Å²) >= 11 is 0.822. The third kappa shape index (κ3) is 4.84. The molecule has 1 amide bonds. The van der Waals surface area contributed by atoms with Crippen LogP contribution in [0.25, 0.3) is 0 Å². The summed E-state index contributed by atoms with van der Waals surface area (Å²) in [5.41, 5.74) is -0.605. The van der Waals surface area contributed by atoms with Crippen LogP contribution in [0.2, 0.25) is 0 Å². The fourth-order valence-corrected chi connectivity index (χ4v) is 3.39. The molecule has 0 aliphatic carbocycles. The van der Waals surface area contributed by atoms with E-state index in [1.165, 1.54) is 0 Å². The standard InChI is InChI=1S/C10H18N4O3S2/c1-6(2)7(15)11-8-12-13-9(18-8)19(16,17)14-10(3,4)5/h6,14H,1-5H3,(H,11,12,15). The molecule has 1 aromatic heterocycles. The molecule has 0 aromatic carbocycles. The molecule has 19 heavy (non-hydrogen) atoms. The van der Waals surface area contributed by atoms with E-state index in [9.17, 15) is 13.2 Å². The molecule has 1 rings (SSSR count). The number of rotatable bonds is 4. The second-order valence-corrected chi connectivity index (χ2v) is 8.21. The van der Waals surface area contributed by atoms with Crippen LogP contribution in [0.5, 0.6) is 0 Å². The summed E-state index contributed by atoms with van der Waals surface area (Å²) < 4.78 is 26.2. The Morgan fingerprint density at radius 2 is 1.84 bits per heavy atom. The van der Waals surface area contributed by atoms with Gasteiger partial charge in [-0.15, -0.1) is 10.2 Å². The normalized spacial score (nSPS) is 12.7. The van der Waals surface area contributed by atoms with Gasteiger partial charge in [0.1, 0.15) is 0 Å². The van der Waals surface area contributed by atoms with Crippen molar-refractivity contribution in [3.05, 3.63) is 0 Å². The fourth-order valence-electron chi connectivity index (χ4n) is 1.07. The van der Waals surface area contributed by atoms with Gasteiger partial charge in [0.15, 0.2) is 0 Å². The van der Waals surface area contributed by atoms with E-state index in [0.717, 1.165) is 11.3 Å². The maximum atomic E-state index is 12.0. The van der Waals surface area contributed by atoms with Crippen molar-refractivity contribution in [2.45, 2.75) is 44.5 Å². The van der Waals surface area contributed by atoms with E-state index in [2.05, 4.69) is 20.2 Å². The van der Waals surface area contributed by atoms with Crippen LogP contribution in [0.4, 0.5) is 5.13 Å². The minimum absolute atomic E-state index is 0.165. The number of hydrogen-bond donors (Lipinski definition) is 2. The van der Waals surface area contributed by atoms with Gasteiger partial charge in [-0.1, -0.05) is 25.2 Å². The molecule has 108 valence electrons. The van der Waals surface area contributed by atoms with Crippen LogP contribution in [0, 0.1) is 5.92 Å². The Kier molecular flexibility index (Phi) is 4.64. The summed E-state index contributed by atoms with van der Waals surface area (Å²) in [6, 6.07) is 0. The lowest BCUT2D eigenvalue weighted by Gasteiger charge is -2.18. The summed E-state index contributed by atoms with van der Waals surface area (Å²) in [6.07, 6.45) is 0. The molecule has 0 spiro atoms. The number of amides is 1. The molecule has 9 heteroatoms. The van der Waals surface area contributed by atoms with Crippen molar-refractivity contribution in [3.8, 4) is 0 Å². The molecule has 7 nitrogen and oxygen atoms in total. The van der Waals surface area contributed by atoms with Crippen molar-refractivity contribution in [3.63, 3.8) is 0 Å². The van der Waals surface area contributed by atoms with Gasteiger partial charge in [-0.25, -0.2) is 13.1 Å². The third-order valence-corrected chi connectivity index (χ3v) is 4.80. The van der Waals surface area contributed by atoms with Gasteiger partial charge in [0.25, 0.3) is 10.0 Å². The first-order valence-corrected chi connectivity index (χ1v) is 7.99. The third-order valence-electron chi connectivity index (χ3n) is 1.83. The number of hydrogen-bond acceptors (Lipinski definition) is 6. The molecule has 0 aliphatic heterocycles. The summed E-state index contributed by atoms with van der Waals surface area (Å²) in [6.45, 7) is 8.65. The number of nitrogens with zero attached hydrogens (tertiary/aromatic N) is 2. The molecule has 0 aliphatic rings. The molecule has 1 heterocycles. The maximum Gasteiger partial charge on any atom is 0.270 e. The van der Waals surface area contributed by atoms with Crippen LogP contribution >= 0.6 is 11.3 Å². The number of sulfonamides is 1. The Bertz CT molecular complexity index is 558. The Morgan fingerprint density at radius 3 is 2.32 bits per heavy atom. The van der Waals surface area contributed by atoms with Gasteiger partial charge in [0.05, 0.1) is 0 Å². The lowest BCUT2D eigenvalue weighted by Crippen LogP contribution is -2.40. The lowest BCUT2D eigenvalue weighted by molar-refractivity contribution is -0.118. The van der Waals surface area contributed by atoms with E-state index in [1.54, 1.807) is 34.6 Å². The summed E-state index contributed by atoms with van der Waals surface area (Å²) in [7, 11) is -3.71. The van der Waals surface area contributed by atoms with Crippen LogP contribution in [0.3, 0.4) is 0 Å². The van der Waals surface area contributed by atoms with Crippen molar-refractivity contribution in [2.24, 2.45) is 5.92 Å². The largest absolute Gasteiger partial charge is 0.300 e. The van der Waals surface area contributed by atoms with Gasteiger partial charge in [-0.05, 0) is 20.8 Å². The minimum Gasteiger partial charge on any atom is -0.300 e. The number of nitrogens with one attached hydrogen (secondary N) is 2. The predicted octanol–water partition coefficient (Wildman–Crippen LogP) is 1.21. The highest BCUT2D eigenvalue weighted by molar-refractivity contribution is 7.91. The second kappa shape index (κ2) is 5.51. The first kappa shape index (κ1) is 16.0. The molecule has 2 N–H and O–H groups in total. The van der Waals surface area contributed by atoms with Crippen LogP contribution in [0.15, 0.2) is 4.34 Å². The van der Waals surface area contributed by atoms with Gasteiger partial charge in [0, 0.05) is 11.5 Å². The van der Waals surface area contributed by atoms with Crippen molar-refractivity contribution >= 4 is 32.4 Å². The zero-order valence-corrected chi connectivity index (χ0v) is 13.1. The molecule has 0 radical (unpaired) electrons. The van der Waals surface area contributed by atoms with Crippen molar-refractivity contribution < 1.29 is 13.2 Å². The smallest absolute Gasteiger partial charge is 0.270 e. The second-order valence-electron chi connectivity index (χ2n) is 5.37. The molecular formula is C10H18N4O3S2. The minimum atomic E-state index is -3.71. The number of carbonyl (C=O) groups excluding carboxylic acids is 1. The molecule has 0 saturated carbocycles. The molecule has 0 atom stereocenters. The van der Waals surface area contributed by atoms with E-state index in [0.29, 0.717) is 0 Å². The fraction of sp³-hybridized carbons (Fsp3) is 0.700. The SMILES string of the molecule is CC(C)C(=O)Nc1nnc(S(=O)(=O)NC(C)(C)C)s1. The van der Waals surface area contributed by atoms with E-state index in [-0.39, 0.29) is 21.3 Å². The van der Waals surface area contributed by atoms with Crippen molar-refractivity contribution in [2.75, 3.05) is 5.32 Å². The van der Waals surface area contributed by atoms with Crippen LogP contribution in [-0.4, -0.2) is 30.1 Å². The molecule has 0 saturated heterocycles. The highest BCUT2D eigenvalue weighted by Crippen LogP contribution is 2.21. The van der Waals surface area contributed by atoms with Gasteiger partial charge >= 0.3 is 0 Å². The first-order chi connectivity index (χ1) is 8.51. The Labute approximate surface area is 116 Å². The van der Waals surface area contributed by atoms with Crippen molar-refractivity contribution in [1.29, 1.82) is 0 Å². The maximum absolute atomic E-state index is 12.0. The Hall–Kier alpha value is -1.06. The number of aromatic nitrogens is 2. The van der Waals surface area contributed by atoms with Gasteiger partial charge in [0.2, 0.25) is 15.4 Å². The van der Waals surface area contributed by atoms with Gasteiger partial charge < -0.3 is 5.32 Å². The molecular weight excluding hydrogens is 288 g/mol. The quantitative estimate of drug-likeness (QED) is 0.814. The van der Waals surface area contributed by atoms with E-state index < -0.39 is 15.6 Å². The highest BCUT2D eigenvalue weighted by Gasteiger charge is 2.26. The summed E-state index contributed by atoms with van der Waals surface area (Å²) in [5, 5.41) is 9.92. The Balaban J connectivity index is 2.88. The lowest BCUT2D eigenvalue weighted by atomic mass is 10.1. The van der Waals surface area contributed by atoms with Crippen LogP contribution < -0.4 is 10.0 Å². The zero-order valence-electron chi connectivity index (χ0n) is 11.5. The van der Waals surface area contributed by atoms with Crippen LogP contribution in [-0.2, 0) is 14.8 Å². The average Bonchev–Trinajstić information content (AvgIpc) is 2.62. The zero-order chi connectivity index (χ0) is 14.8. The summed E-state index contributed by atoms with van der Waals surface area (Å²) in [5.74, 6) is -0.444. The first-order valence-electron chi connectivity index (χ1n) is 5.69. The molecule has 0 bridgehead atoms. The van der Waals surface area contributed by atoms with Crippen molar-refractivity contribution in [1.82, 2.24) is 14.9 Å². The van der Waals surface area contributed by atoms with Gasteiger partial charge in [-0.2, -0.15) is 0 Å². The molecule has 0 fully saturated rings. The van der Waals surface area contributed by atoms with Crippen LogP contribution in [0.1, 0.15) is 34.6 Å². The number of anilines is 1. The topological polar surface area (TPSA) is 101 Å². The predicted molar refractivity (Wildman–Crippen MR) is 73.5 cm³/mol. The Morgan fingerprint density at radius 1 is 1.26 bits per heavy atom. The van der Waals surface area contributed by atoms with E-state index >= 15 is 0 Å². The molecule has 1 aromatic rings. The average molecular weight is 306 g/mol. The monoisotopic (exact) mass is 306 g/mol. The number of carbonyl (C=O) groups is 1. The van der Waals surface area contributed by atoms with E-state index in [1.807, 2.05) is 0 Å².